The first-order valence-corrected chi connectivity index (χ1v) is 8.27. The number of amides is 1. The molecule has 0 aliphatic rings. The molecule has 2 aromatic rings. The van der Waals surface area contributed by atoms with E-state index in [0.717, 1.165) is 24.3 Å². The molecule has 0 unspecified atom stereocenters. The lowest BCUT2D eigenvalue weighted by molar-refractivity contribution is -0.142. The maximum Gasteiger partial charge on any atom is 0.331 e. The molecule has 2 rings (SSSR count). The number of carbonyl (C=O) groups is 2. The minimum absolute atomic E-state index is 0.350. The van der Waals surface area contributed by atoms with Crippen LogP contribution in [-0.4, -0.2) is 39.8 Å². The van der Waals surface area contributed by atoms with Crippen LogP contribution in [0, 0.1) is 11.6 Å². The van der Waals surface area contributed by atoms with E-state index in [1.807, 2.05) is 0 Å². The molecule has 0 atom stereocenters. The van der Waals surface area contributed by atoms with Crippen molar-refractivity contribution in [3.8, 4) is 17.2 Å². The summed E-state index contributed by atoms with van der Waals surface area (Å²) >= 11 is 0. The lowest BCUT2D eigenvalue weighted by Crippen LogP contribution is -2.20. The van der Waals surface area contributed by atoms with Crippen molar-refractivity contribution in [3.05, 3.63) is 53.6 Å². The first-order chi connectivity index (χ1) is 13.9. The minimum atomic E-state index is -0.822. The number of benzene rings is 2. The molecule has 1 amide bonds. The molecule has 0 saturated heterocycles. The molecule has 2 aromatic carbocycles. The Morgan fingerprint density at radius 3 is 2.28 bits per heavy atom. The Hall–Kier alpha value is -3.62. The second kappa shape index (κ2) is 10.1. The molecule has 0 aliphatic heterocycles. The maximum absolute atomic E-state index is 13.5. The third-order valence-electron chi connectivity index (χ3n) is 3.68. The monoisotopic (exact) mass is 407 g/mol. The molecule has 0 bridgehead atoms. The zero-order chi connectivity index (χ0) is 21.4. The van der Waals surface area contributed by atoms with Crippen molar-refractivity contribution >= 4 is 23.6 Å². The molecule has 9 heteroatoms. The Balaban J connectivity index is 1.99. The molecule has 0 aromatic heterocycles. The standard InChI is InChI=1S/C20H19F2NO6/c1-26-16-10-18(28-3)17(27-2)8-12(16)4-7-20(25)29-11-19(24)23-15-9-13(21)5-6-14(15)22/h4-10H,11H2,1-3H3,(H,23,24)/b7-4+. The van der Waals surface area contributed by atoms with E-state index >= 15 is 0 Å². The smallest absolute Gasteiger partial charge is 0.331 e. The molecule has 0 saturated carbocycles. The van der Waals surface area contributed by atoms with Gasteiger partial charge in [-0.3, -0.25) is 4.79 Å². The maximum atomic E-state index is 13.5. The molecule has 0 radical (unpaired) electrons. The fourth-order valence-electron chi connectivity index (χ4n) is 2.31. The highest BCUT2D eigenvalue weighted by atomic mass is 19.1. The highest BCUT2D eigenvalue weighted by Gasteiger charge is 2.12. The minimum Gasteiger partial charge on any atom is -0.496 e. The number of halogens is 2. The van der Waals surface area contributed by atoms with Gasteiger partial charge in [-0.15, -0.1) is 0 Å². The topological polar surface area (TPSA) is 83.1 Å². The molecule has 0 aliphatic carbocycles. The first-order valence-electron chi connectivity index (χ1n) is 8.27. The Labute approximate surface area is 165 Å². The SMILES string of the molecule is COc1cc(OC)c(OC)cc1/C=C/C(=O)OCC(=O)Nc1cc(F)ccc1F. The van der Waals surface area contributed by atoms with Gasteiger partial charge in [-0.2, -0.15) is 0 Å². The van der Waals surface area contributed by atoms with Gasteiger partial charge in [0, 0.05) is 23.8 Å². The van der Waals surface area contributed by atoms with Crippen molar-refractivity contribution in [3.63, 3.8) is 0 Å². The van der Waals surface area contributed by atoms with Gasteiger partial charge >= 0.3 is 5.97 Å². The van der Waals surface area contributed by atoms with Gasteiger partial charge in [-0.1, -0.05) is 0 Å². The molecule has 1 N–H and O–H groups in total. The zero-order valence-electron chi connectivity index (χ0n) is 16.0. The van der Waals surface area contributed by atoms with Crippen LogP contribution in [0.25, 0.3) is 6.08 Å². The summed E-state index contributed by atoms with van der Waals surface area (Å²) in [6.45, 7) is -0.678. The van der Waals surface area contributed by atoms with Gasteiger partial charge in [0.15, 0.2) is 18.1 Å². The number of nitrogens with one attached hydrogen (secondary N) is 1. The van der Waals surface area contributed by atoms with Crippen molar-refractivity contribution in [2.45, 2.75) is 0 Å². The Kier molecular flexibility index (Phi) is 7.53. The predicted molar refractivity (Wildman–Crippen MR) is 101 cm³/mol. The summed E-state index contributed by atoms with van der Waals surface area (Å²) in [4.78, 5) is 23.6. The summed E-state index contributed by atoms with van der Waals surface area (Å²) in [6, 6.07) is 5.79. The molecular weight excluding hydrogens is 388 g/mol. The van der Waals surface area contributed by atoms with Crippen molar-refractivity contribution in [1.82, 2.24) is 0 Å². The summed E-state index contributed by atoms with van der Waals surface area (Å²) in [7, 11) is 4.39. The summed E-state index contributed by atoms with van der Waals surface area (Å²) in [5.41, 5.74) is 0.157. The number of ether oxygens (including phenoxy) is 4. The van der Waals surface area contributed by atoms with E-state index in [-0.39, 0.29) is 5.69 Å². The molecule has 29 heavy (non-hydrogen) atoms. The number of hydrogen-bond acceptors (Lipinski definition) is 6. The second-order valence-corrected chi connectivity index (χ2v) is 5.56. The number of rotatable bonds is 8. The molecule has 0 spiro atoms. The number of carbonyl (C=O) groups excluding carboxylic acids is 2. The lowest BCUT2D eigenvalue weighted by atomic mass is 10.1. The van der Waals surface area contributed by atoms with Gasteiger partial charge in [0.2, 0.25) is 0 Å². The second-order valence-electron chi connectivity index (χ2n) is 5.56. The number of hydrogen-bond donors (Lipinski definition) is 1. The van der Waals surface area contributed by atoms with Crippen LogP contribution in [0.2, 0.25) is 0 Å². The van der Waals surface area contributed by atoms with E-state index in [9.17, 15) is 18.4 Å². The third-order valence-corrected chi connectivity index (χ3v) is 3.68. The van der Waals surface area contributed by atoms with Gasteiger partial charge in [0.1, 0.15) is 17.4 Å². The summed E-state index contributed by atoms with van der Waals surface area (Å²) < 4.78 is 47.0. The van der Waals surface area contributed by atoms with Gasteiger partial charge in [-0.25, -0.2) is 13.6 Å². The first kappa shape index (κ1) is 21.7. The Morgan fingerprint density at radius 2 is 1.62 bits per heavy atom. The van der Waals surface area contributed by atoms with E-state index in [1.165, 1.54) is 27.4 Å². The van der Waals surface area contributed by atoms with E-state index < -0.39 is 30.1 Å². The summed E-state index contributed by atoms with van der Waals surface area (Å²) in [5, 5.41) is 2.12. The Bertz CT molecular complexity index is 929. The highest BCUT2D eigenvalue weighted by molar-refractivity contribution is 5.94. The average molecular weight is 407 g/mol. The largest absolute Gasteiger partial charge is 0.496 e. The number of anilines is 1. The van der Waals surface area contributed by atoms with Crippen LogP contribution in [0.1, 0.15) is 5.56 Å². The van der Waals surface area contributed by atoms with Crippen molar-refractivity contribution in [2.75, 3.05) is 33.3 Å². The summed E-state index contributed by atoms with van der Waals surface area (Å²) in [6.07, 6.45) is 2.49. The fourth-order valence-corrected chi connectivity index (χ4v) is 2.31. The van der Waals surface area contributed by atoms with Crippen molar-refractivity contribution < 1.29 is 37.3 Å². The van der Waals surface area contributed by atoms with E-state index in [2.05, 4.69) is 5.32 Å². The Morgan fingerprint density at radius 1 is 0.966 bits per heavy atom. The molecule has 7 nitrogen and oxygen atoms in total. The van der Waals surface area contributed by atoms with Crippen LogP contribution in [-0.2, 0) is 14.3 Å². The molecule has 0 fully saturated rings. The molecule has 154 valence electrons. The molecule has 0 heterocycles. The van der Waals surface area contributed by atoms with Crippen LogP contribution in [0.3, 0.4) is 0 Å². The zero-order valence-corrected chi connectivity index (χ0v) is 16.0. The number of methoxy groups -OCH3 is 3. The van der Waals surface area contributed by atoms with Crippen LogP contribution < -0.4 is 19.5 Å². The van der Waals surface area contributed by atoms with Gasteiger partial charge in [-0.05, 0) is 24.3 Å². The van der Waals surface area contributed by atoms with E-state index in [4.69, 9.17) is 18.9 Å². The van der Waals surface area contributed by atoms with E-state index in [0.29, 0.717) is 22.8 Å². The lowest BCUT2D eigenvalue weighted by Gasteiger charge is -2.12. The summed E-state index contributed by atoms with van der Waals surface area (Å²) in [5.74, 6) is -1.87. The predicted octanol–water partition coefficient (Wildman–Crippen LogP) is 3.19. The van der Waals surface area contributed by atoms with Gasteiger partial charge in [0.05, 0.1) is 27.0 Å². The fraction of sp³-hybridized carbons (Fsp3) is 0.200. The van der Waals surface area contributed by atoms with Crippen LogP contribution >= 0.6 is 0 Å². The normalized spacial score (nSPS) is 10.5. The van der Waals surface area contributed by atoms with Gasteiger partial charge in [0.25, 0.3) is 5.91 Å². The third kappa shape index (κ3) is 5.93. The average Bonchev–Trinajstić information content (AvgIpc) is 2.72. The quantitative estimate of drug-likeness (QED) is 0.535. The van der Waals surface area contributed by atoms with Crippen molar-refractivity contribution in [1.29, 1.82) is 0 Å². The van der Waals surface area contributed by atoms with E-state index in [1.54, 1.807) is 12.1 Å². The highest BCUT2D eigenvalue weighted by Crippen LogP contribution is 2.35. The van der Waals surface area contributed by atoms with Gasteiger partial charge < -0.3 is 24.3 Å². The van der Waals surface area contributed by atoms with Crippen LogP contribution in [0.5, 0.6) is 17.2 Å². The number of esters is 1. The van der Waals surface area contributed by atoms with Crippen molar-refractivity contribution in [2.24, 2.45) is 0 Å². The van der Waals surface area contributed by atoms with Crippen LogP contribution in [0.15, 0.2) is 36.4 Å². The molecular formula is C20H19F2NO6. The van der Waals surface area contributed by atoms with Crippen LogP contribution in [0.4, 0.5) is 14.5 Å².